The number of ether oxygens (including phenoxy) is 1. The topological polar surface area (TPSA) is 55.5 Å². The Hall–Kier alpha value is -1.23. The molecule has 3 nitrogen and oxygen atoms in total. The Kier molecular flexibility index (Phi) is 3.89. The quantitative estimate of drug-likeness (QED) is 0.896. The van der Waals surface area contributed by atoms with E-state index in [9.17, 15) is 5.11 Å². The molecule has 1 unspecified atom stereocenters. The van der Waals surface area contributed by atoms with Crippen LogP contribution >= 0.6 is 22.9 Å². The Morgan fingerprint density at radius 2 is 2.18 bits per heavy atom. The maximum absolute atomic E-state index is 9.27. The summed E-state index contributed by atoms with van der Waals surface area (Å²) in [4.78, 5) is 0.982. The summed E-state index contributed by atoms with van der Waals surface area (Å²) < 4.78 is 6.21. The number of hydrogen-bond acceptors (Lipinski definition) is 4. The van der Waals surface area contributed by atoms with Gasteiger partial charge in [-0.25, -0.2) is 0 Å². The van der Waals surface area contributed by atoms with Crippen LogP contribution in [0.3, 0.4) is 0 Å². The van der Waals surface area contributed by atoms with Gasteiger partial charge >= 0.3 is 0 Å². The van der Waals surface area contributed by atoms with Crippen LogP contribution in [0.25, 0.3) is 0 Å². The summed E-state index contributed by atoms with van der Waals surface area (Å²) in [5.74, 6) is 0.776. The zero-order valence-corrected chi connectivity index (χ0v) is 10.5. The van der Waals surface area contributed by atoms with Crippen LogP contribution in [0.4, 0.5) is 0 Å². The van der Waals surface area contributed by atoms with Crippen LogP contribution in [0.2, 0.25) is 4.34 Å². The van der Waals surface area contributed by atoms with Crippen LogP contribution in [-0.2, 0) is 0 Å². The largest absolute Gasteiger partial charge is 0.508 e. The van der Waals surface area contributed by atoms with Crippen LogP contribution in [0.1, 0.15) is 10.9 Å². The highest BCUT2D eigenvalue weighted by Crippen LogP contribution is 2.26. The van der Waals surface area contributed by atoms with E-state index in [1.807, 2.05) is 12.1 Å². The van der Waals surface area contributed by atoms with Gasteiger partial charge in [0.25, 0.3) is 0 Å². The van der Waals surface area contributed by atoms with E-state index in [1.165, 1.54) is 11.3 Å². The van der Waals surface area contributed by atoms with Gasteiger partial charge in [0, 0.05) is 10.9 Å². The molecular weight excluding hydrogens is 258 g/mol. The smallest absolute Gasteiger partial charge is 0.123 e. The van der Waals surface area contributed by atoms with Crippen molar-refractivity contribution < 1.29 is 9.84 Å². The van der Waals surface area contributed by atoms with Gasteiger partial charge in [0.15, 0.2) is 0 Å². The molecule has 0 aliphatic carbocycles. The van der Waals surface area contributed by atoms with Gasteiger partial charge in [-0.1, -0.05) is 17.7 Å². The van der Waals surface area contributed by atoms with Crippen LogP contribution in [-0.4, -0.2) is 11.7 Å². The minimum atomic E-state index is -0.213. The molecule has 0 spiro atoms. The van der Waals surface area contributed by atoms with Gasteiger partial charge in [-0.05, 0) is 24.3 Å². The molecule has 0 amide bonds. The standard InChI is InChI=1S/C12H12ClNO2S/c13-12-5-4-11(17-12)10(14)7-16-9-3-1-2-8(15)6-9/h1-6,10,15H,7,14H2. The second kappa shape index (κ2) is 5.40. The Bertz CT molecular complexity index is 501. The number of aromatic hydroxyl groups is 1. The number of benzene rings is 1. The summed E-state index contributed by atoms with van der Waals surface area (Å²) in [7, 11) is 0. The molecule has 3 N–H and O–H groups in total. The first-order valence-electron chi connectivity index (χ1n) is 5.08. The van der Waals surface area contributed by atoms with E-state index in [2.05, 4.69) is 0 Å². The second-order valence-corrected chi connectivity index (χ2v) is 5.30. The fraction of sp³-hybridized carbons (Fsp3) is 0.167. The molecule has 2 aromatic rings. The molecule has 90 valence electrons. The van der Waals surface area contributed by atoms with E-state index in [4.69, 9.17) is 22.1 Å². The zero-order valence-electron chi connectivity index (χ0n) is 8.97. The van der Waals surface area contributed by atoms with Crippen LogP contribution in [0, 0.1) is 0 Å². The first-order valence-corrected chi connectivity index (χ1v) is 6.27. The number of thiophene rings is 1. The molecule has 5 heteroatoms. The summed E-state index contributed by atoms with van der Waals surface area (Å²) in [6, 6.07) is 10.1. The molecule has 0 fully saturated rings. The molecule has 1 atom stereocenters. The summed E-state index contributed by atoms with van der Waals surface area (Å²) >= 11 is 7.28. The number of nitrogens with two attached hydrogens (primary N) is 1. The predicted octanol–water partition coefficient (Wildman–Crippen LogP) is 3.19. The normalized spacial score (nSPS) is 12.4. The first-order chi connectivity index (χ1) is 8.15. The van der Waals surface area contributed by atoms with Gasteiger partial charge in [-0.3, -0.25) is 0 Å². The summed E-state index contributed by atoms with van der Waals surface area (Å²) in [5, 5.41) is 9.27. The van der Waals surface area contributed by atoms with Crippen molar-refractivity contribution in [2.75, 3.05) is 6.61 Å². The molecule has 1 heterocycles. The molecule has 17 heavy (non-hydrogen) atoms. The Balaban J connectivity index is 1.94. The molecule has 1 aromatic heterocycles. The minimum absolute atomic E-state index is 0.176. The van der Waals surface area contributed by atoms with Gasteiger partial charge in [-0.2, -0.15) is 0 Å². The molecular formula is C12H12ClNO2S. The van der Waals surface area contributed by atoms with E-state index in [1.54, 1.807) is 24.3 Å². The SMILES string of the molecule is NC(COc1cccc(O)c1)c1ccc(Cl)s1. The maximum Gasteiger partial charge on any atom is 0.123 e. The first kappa shape index (κ1) is 12.2. The Labute approximate surface area is 108 Å². The highest BCUT2D eigenvalue weighted by atomic mass is 35.5. The van der Waals surface area contributed by atoms with Crippen molar-refractivity contribution in [2.24, 2.45) is 5.73 Å². The predicted molar refractivity (Wildman–Crippen MR) is 69.9 cm³/mol. The van der Waals surface area contributed by atoms with Gasteiger partial charge < -0.3 is 15.6 Å². The lowest BCUT2D eigenvalue weighted by Gasteiger charge is -2.11. The van der Waals surface area contributed by atoms with Gasteiger partial charge in [0.05, 0.1) is 10.4 Å². The van der Waals surface area contributed by atoms with Crippen molar-refractivity contribution in [3.8, 4) is 11.5 Å². The molecule has 1 aromatic carbocycles. The average Bonchev–Trinajstić information content (AvgIpc) is 2.73. The van der Waals surface area contributed by atoms with E-state index >= 15 is 0 Å². The molecule has 0 aliphatic heterocycles. The third-order valence-electron chi connectivity index (χ3n) is 2.21. The molecule has 0 radical (unpaired) electrons. The number of hydrogen-bond donors (Lipinski definition) is 2. The third kappa shape index (κ3) is 3.36. The number of rotatable bonds is 4. The summed E-state index contributed by atoms with van der Waals surface area (Å²) in [6.07, 6.45) is 0. The number of phenols is 1. The Morgan fingerprint density at radius 1 is 1.35 bits per heavy atom. The third-order valence-corrected chi connectivity index (χ3v) is 3.57. The van der Waals surface area contributed by atoms with Crippen molar-refractivity contribution in [3.05, 3.63) is 45.6 Å². The van der Waals surface area contributed by atoms with Crippen molar-refractivity contribution in [3.63, 3.8) is 0 Å². The second-order valence-electron chi connectivity index (χ2n) is 3.56. The van der Waals surface area contributed by atoms with Crippen LogP contribution in [0.15, 0.2) is 36.4 Å². The fourth-order valence-corrected chi connectivity index (χ4v) is 2.42. The van der Waals surface area contributed by atoms with E-state index in [-0.39, 0.29) is 11.8 Å². The van der Waals surface area contributed by atoms with E-state index in [0.717, 1.165) is 4.88 Å². The molecule has 0 saturated carbocycles. The highest BCUT2D eigenvalue weighted by Gasteiger charge is 2.09. The van der Waals surface area contributed by atoms with Crippen LogP contribution < -0.4 is 10.5 Å². The monoisotopic (exact) mass is 269 g/mol. The molecule has 0 saturated heterocycles. The average molecular weight is 270 g/mol. The van der Waals surface area contributed by atoms with Crippen molar-refractivity contribution in [2.45, 2.75) is 6.04 Å². The van der Waals surface area contributed by atoms with Gasteiger partial charge in [0.1, 0.15) is 18.1 Å². The van der Waals surface area contributed by atoms with Crippen LogP contribution in [0.5, 0.6) is 11.5 Å². The molecule has 2 rings (SSSR count). The number of halogens is 1. The van der Waals surface area contributed by atoms with E-state index in [0.29, 0.717) is 16.7 Å². The molecule has 0 bridgehead atoms. The minimum Gasteiger partial charge on any atom is -0.508 e. The summed E-state index contributed by atoms with van der Waals surface area (Å²) in [5.41, 5.74) is 5.96. The maximum atomic E-state index is 9.27. The van der Waals surface area contributed by atoms with Crippen molar-refractivity contribution >= 4 is 22.9 Å². The summed E-state index contributed by atoms with van der Waals surface area (Å²) in [6.45, 7) is 0.348. The fourth-order valence-electron chi connectivity index (χ4n) is 1.37. The highest BCUT2D eigenvalue weighted by molar-refractivity contribution is 7.16. The molecule has 0 aliphatic rings. The van der Waals surface area contributed by atoms with Crippen molar-refractivity contribution in [1.29, 1.82) is 0 Å². The Morgan fingerprint density at radius 3 is 2.82 bits per heavy atom. The number of phenolic OH excluding ortho intramolecular Hbond substituents is 1. The lowest BCUT2D eigenvalue weighted by molar-refractivity contribution is 0.291. The van der Waals surface area contributed by atoms with Gasteiger partial charge in [0.2, 0.25) is 0 Å². The van der Waals surface area contributed by atoms with E-state index < -0.39 is 0 Å². The lowest BCUT2D eigenvalue weighted by Crippen LogP contribution is -2.17. The van der Waals surface area contributed by atoms with Gasteiger partial charge in [-0.15, -0.1) is 11.3 Å². The lowest BCUT2D eigenvalue weighted by atomic mass is 10.3. The zero-order chi connectivity index (χ0) is 12.3. The van der Waals surface area contributed by atoms with Crippen molar-refractivity contribution in [1.82, 2.24) is 0 Å².